The van der Waals surface area contributed by atoms with Crippen molar-refractivity contribution in [2.24, 2.45) is 0 Å². The Morgan fingerprint density at radius 2 is 2.21 bits per heavy atom. The van der Waals surface area contributed by atoms with E-state index in [9.17, 15) is 18.0 Å². The summed E-state index contributed by atoms with van der Waals surface area (Å²) in [6.45, 7) is -0.872. The Balaban J connectivity index is 2.77. The van der Waals surface area contributed by atoms with Crippen molar-refractivity contribution in [3.8, 4) is 0 Å². The molecule has 0 amide bonds. The minimum Gasteiger partial charge on any atom is -0.382 e. The van der Waals surface area contributed by atoms with Crippen molar-refractivity contribution in [2.45, 2.75) is 19.1 Å². The summed E-state index contributed by atoms with van der Waals surface area (Å²) in [5.41, 5.74) is -0.694. The van der Waals surface area contributed by atoms with Crippen molar-refractivity contribution in [1.82, 2.24) is 9.78 Å². The van der Waals surface area contributed by atoms with Gasteiger partial charge in [-0.3, -0.25) is 4.79 Å². The average molecular weight is 316 g/mol. The molecule has 0 aromatic carbocycles. The molecule has 0 spiro atoms. The number of nitrogens with one attached hydrogen (secondary N) is 1. The third-order valence-corrected chi connectivity index (χ3v) is 3.22. The van der Waals surface area contributed by atoms with Crippen LogP contribution in [-0.4, -0.2) is 34.5 Å². The van der Waals surface area contributed by atoms with E-state index in [4.69, 9.17) is 11.6 Å². The van der Waals surface area contributed by atoms with Gasteiger partial charge in [0, 0.05) is 6.54 Å². The Bertz CT molecular complexity index is 478. The molecule has 1 rings (SSSR count). The van der Waals surface area contributed by atoms with Gasteiger partial charge in [-0.2, -0.15) is 30.0 Å². The van der Waals surface area contributed by atoms with Gasteiger partial charge in [0.25, 0.3) is 5.56 Å². The molecular weight excluding hydrogens is 303 g/mol. The summed E-state index contributed by atoms with van der Waals surface area (Å²) in [7, 11) is 0. The first-order chi connectivity index (χ1) is 8.85. The van der Waals surface area contributed by atoms with Gasteiger partial charge in [-0.25, -0.2) is 4.68 Å². The maximum absolute atomic E-state index is 12.2. The van der Waals surface area contributed by atoms with E-state index < -0.39 is 18.3 Å². The van der Waals surface area contributed by atoms with Gasteiger partial charge in [0.1, 0.15) is 11.6 Å². The first-order valence-electron chi connectivity index (χ1n) is 5.40. The van der Waals surface area contributed by atoms with Crippen LogP contribution in [0.1, 0.15) is 6.42 Å². The van der Waals surface area contributed by atoms with Crippen LogP contribution in [-0.2, 0) is 6.54 Å². The third-order valence-electron chi connectivity index (χ3n) is 2.15. The summed E-state index contributed by atoms with van der Waals surface area (Å²) in [6.07, 6.45) is -0.558. The Hall–Kier alpha value is -0.890. The van der Waals surface area contributed by atoms with Crippen molar-refractivity contribution >= 4 is 29.1 Å². The summed E-state index contributed by atoms with van der Waals surface area (Å²) in [5.74, 6) is 0.934. The summed E-state index contributed by atoms with van der Waals surface area (Å²) >= 11 is 7.41. The maximum atomic E-state index is 12.2. The predicted octanol–water partition coefficient (Wildman–Crippen LogP) is 2.62. The van der Waals surface area contributed by atoms with Crippen molar-refractivity contribution in [3.63, 3.8) is 0 Å². The fourth-order valence-electron chi connectivity index (χ4n) is 1.31. The van der Waals surface area contributed by atoms with Crippen LogP contribution in [0.5, 0.6) is 0 Å². The smallest absolute Gasteiger partial charge is 0.382 e. The molecule has 1 heterocycles. The molecular formula is C10H13ClF3N3OS. The Morgan fingerprint density at radius 3 is 2.79 bits per heavy atom. The molecule has 0 bridgehead atoms. The highest BCUT2D eigenvalue weighted by Crippen LogP contribution is 2.19. The van der Waals surface area contributed by atoms with E-state index in [0.29, 0.717) is 11.2 Å². The SMILES string of the molecule is CSCCCNc1cnn(CC(F)(F)F)c(=O)c1Cl. The normalized spacial score (nSPS) is 11.6. The highest BCUT2D eigenvalue weighted by Gasteiger charge is 2.29. The molecule has 0 aliphatic rings. The second-order valence-corrected chi connectivity index (χ2v) is 5.09. The number of halogens is 4. The van der Waals surface area contributed by atoms with E-state index in [0.717, 1.165) is 18.4 Å². The van der Waals surface area contributed by atoms with Gasteiger partial charge in [-0.05, 0) is 18.4 Å². The van der Waals surface area contributed by atoms with Gasteiger partial charge in [0.2, 0.25) is 0 Å². The zero-order chi connectivity index (χ0) is 14.5. The molecule has 1 N–H and O–H groups in total. The van der Waals surface area contributed by atoms with Crippen LogP contribution >= 0.6 is 23.4 Å². The summed E-state index contributed by atoms with van der Waals surface area (Å²) in [6, 6.07) is 0. The van der Waals surface area contributed by atoms with Gasteiger partial charge in [-0.15, -0.1) is 0 Å². The largest absolute Gasteiger partial charge is 0.408 e. The van der Waals surface area contributed by atoms with E-state index in [1.54, 1.807) is 11.8 Å². The molecule has 108 valence electrons. The fraction of sp³-hybridized carbons (Fsp3) is 0.600. The topological polar surface area (TPSA) is 46.9 Å². The Morgan fingerprint density at radius 1 is 1.53 bits per heavy atom. The number of hydrogen-bond acceptors (Lipinski definition) is 4. The monoisotopic (exact) mass is 315 g/mol. The van der Waals surface area contributed by atoms with Crippen LogP contribution in [0, 0.1) is 0 Å². The van der Waals surface area contributed by atoms with Crippen LogP contribution < -0.4 is 10.9 Å². The number of anilines is 1. The third kappa shape index (κ3) is 5.32. The molecule has 4 nitrogen and oxygen atoms in total. The number of rotatable bonds is 6. The van der Waals surface area contributed by atoms with Crippen LogP contribution in [0.2, 0.25) is 5.02 Å². The number of alkyl halides is 3. The van der Waals surface area contributed by atoms with Crippen LogP contribution in [0.15, 0.2) is 11.0 Å². The second-order valence-electron chi connectivity index (χ2n) is 3.72. The van der Waals surface area contributed by atoms with Crippen LogP contribution in [0.4, 0.5) is 18.9 Å². The summed E-state index contributed by atoms with van der Waals surface area (Å²) in [4.78, 5) is 11.6. The van der Waals surface area contributed by atoms with E-state index >= 15 is 0 Å². The molecule has 0 radical (unpaired) electrons. The van der Waals surface area contributed by atoms with Gasteiger partial charge < -0.3 is 5.32 Å². The van der Waals surface area contributed by atoms with E-state index in [1.165, 1.54) is 0 Å². The number of thioether (sulfide) groups is 1. The average Bonchev–Trinajstić information content (AvgIpc) is 2.31. The molecule has 0 saturated carbocycles. The molecule has 0 aliphatic heterocycles. The Labute approximate surface area is 117 Å². The van der Waals surface area contributed by atoms with Crippen LogP contribution in [0.3, 0.4) is 0 Å². The lowest BCUT2D eigenvalue weighted by atomic mass is 10.4. The summed E-state index contributed by atoms with van der Waals surface area (Å²) in [5, 5.41) is 6.06. The fourth-order valence-corrected chi connectivity index (χ4v) is 1.96. The molecule has 0 fully saturated rings. The lowest BCUT2D eigenvalue weighted by Gasteiger charge is -2.11. The molecule has 0 saturated heterocycles. The molecule has 0 atom stereocenters. The van der Waals surface area contributed by atoms with Gasteiger partial charge >= 0.3 is 6.18 Å². The first-order valence-corrected chi connectivity index (χ1v) is 7.17. The molecule has 9 heteroatoms. The second kappa shape index (κ2) is 7.04. The predicted molar refractivity (Wildman–Crippen MR) is 71.1 cm³/mol. The molecule has 0 aliphatic carbocycles. The highest BCUT2D eigenvalue weighted by molar-refractivity contribution is 7.98. The quantitative estimate of drug-likeness (QED) is 0.820. The van der Waals surface area contributed by atoms with Crippen molar-refractivity contribution in [2.75, 3.05) is 23.9 Å². The number of aromatic nitrogens is 2. The van der Waals surface area contributed by atoms with Gasteiger partial charge in [0.05, 0.1) is 11.9 Å². The van der Waals surface area contributed by atoms with Gasteiger partial charge in [-0.1, -0.05) is 11.6 Å². The van der Waals surface area contributed by atoms with Gasteiger partial charge in [0.15, 0.2) is 0 Å². The molecule has 1 aromatic rings. The summed E-state index contributed by atoms with van der Waals surface area (Å²) < 4.78 is 36.8. The maximum Gasteiger partial charge on any atom is 0.408 e. The minimum absolute atomic E-state index is 0.256. The standard InChI is InChI=1S/C10H13ClF3N3OS/c1-19-4-2-3-15-7-5-16-17(6-10(12,13)14)9(18)8(7)11/h5,15H,2-4,6H2,1H3. The van der Waals surface area contributed by atoms with E-state index in [2.05, 4.69) is 10.4 Å². The first kappa shape index (κ1) is 16.2. The zero-order valence-electron chi connectivity index (χ0n) is 10.1. The molecule has 0 unspecified atom stereocenters. The Kier molecular flexibility index (Phi) is 5.99. The van der Waals surface area contributed by atoms with Crippen molar-refractivity contribution in [3.05, 3.63) is 21.6 Å². The van der Waals surface area contributed by atoms with Crippen molar-refractivity contribution < 1.29 is 13.2 Å². The minimum atomic E-state index is -4.51. The number of nitrogens with zero attached hydrogens (tertiary/aromatic N) is 2. The molecule has 19 heavy (non-hydrogen) atoms. The van der Waals surface area contributed by atoms with E-state index in [1.807, 2.05) is 6.26 Å². The van der Waals surface area contributed by atoms with Crippen LogP contribution in [0.25, 0.3) is 0 Å². The lowest BCUT2D eigenvalue weighted by Crippen LogP contribution is -2.30. The molecule has 1 aromatic heterocycles. The number of hydrogen-bond donors (Lipinski definition) is 1. The lowest BCUT2D eigenvalue weighted by molar-refractivity contribution is -0.143. The van der Waals surface area contributed by atoms with Crippen molar-refractivity contribution in [1.29, 1.82) is 0 Å². The van der Waals surface area contributed by atoms with E-state index in [-0.39, 0.29) is 10.7 Å². The zero-order valence-corrected chi connectivity index (χ0v) is 11.7. The highest BCUT2D eigenvalue weighted by atomic mass is 35.5.